The first-order chi connectivity index (χ1) is 12.0. The maximum atomic E-state index is 12.5. The fourth-order valence-corrected chi connectivity index (χ4v) is 2.99. The molecule has 0 spiro atoms. The summed E-state index contributed by atoms with van der Waals surface area (Å²) in [6.45, 7) is 0. The molecule has 0 N–H and O–H groups in total. The number of benzene rings is 2. The number of hydrogen-bond acceptors (Lipinski definition) is 5. The highest BCUT2D eigenvalue weighted by Gasteiger charge is 2.49. The molecule has 0 saturated heterocycles. The smallest absolute Gasteiger partial charge is 0.376 e. The van der Waals surface area contributed by atoms with Crippen molar-refractivity contribution in [1.82, 2.24) is 0 Å². The third kappa shape index (κ3) is 3.07. The fourth-order valence-electron chi connectivity index (χ4n) is 2.27. The van der Waals surface area contributed by atoms with Crippen molar-refractivity contribution < 1.29 is 35.4 Å². The number of anilines is 1. The molecule has 0 bridgehead atoms. The SMILES string of the molecule is O=C1c2ccc(OS(=O)(=O)C(F)(F)F)cc2C(=O)N1c1ccc(Br)cc1. The lowest BCUT2D eigenvalue weighted by atomic mass is 10.1. The molecule has 0 fully saturated rings. The Labute approximate surface area is 153 Å². The molecule has 136 valence electrons. The van der Waals surface area contributed by atoms with E-state index in [4.69, 9.17) is 0 Å². The van der Waals surface area contributed by atoms with Crippen LogP contribution in [0.15, 0.2) is 46.9 Å². The Kier molecular flexibility index (Phi) is 4.31. The van der Waals surface area contributed by atoms with E-state index in [9.17, 15) is 31.2 Å². The van der Waals surface area contributed by atoms with Gasteiger partial charge in [-0.15, -0.1) is 0 Å². The van der Waals surface area contributed by atoms with E-state index in [1.807, 2.05) is 0 Å². The number of amides is 2. The zero-order chi connectivity index (χ0) is 19.3. The van der Waals surface area contributed by atoms with E-state index < -0.39 is 33.2 Å². The van der Waals surface area contributed by atoms with Crippen molar-refractivity contribution in [3.8, 4) is 5.75 Å². The minimum atomic E-state index is -5.88. The van der Waals surface area contributed by atoms with Gasteiger partial charge in [0, 0.05) is 4.47 Å². The van der Waals surface area contributed by atoms with Crippen molar-refractivity contribution in [2.45, 2.75) is 5.51 Å². The zero-order valence-electron chi connectivity index (χ0n) is 12.5. The monoisotopic (exact) mass is 449 g/mol. The molecule has 2 aromatic carbocycles. The van der Waals surface area contributed by atoms with Gasteiger partial charge in [0.05, 0.1) is 16.8 Å². The van der Waals surface area contributed by atoms with Crippen LogP contribution in [0, 0.1) is 0 Å². The zero-order valence-corrected chi connectivity index (χ0v) is 14.9. The molecule has 3 rings (SSSR count). The number of carbonyl (C=O) groups is 2. The van der Waals surface area contributed by atoms with E-state index in [1.165, 1.54) is 12.1 Å². The molecule has 26 heavy (non-hydrogen) atoms. The van der Waals surface area contributed by atoms with Gasteiger partial charge < -0.3 is 4.18 Å². The number of fused-ring (bicyclic) bond motifs is 1. The Balaban J connectivity index is 1.97. The van der Waals surface area contributed by atoms with Gasteiger partial charge in [-0.2, -0.15) is 21.6 Å². The molecule has 0 atom stereocenters. The summed E-state index contributed by atoms with van der Waals surface area (Å²) in [5, 5.41) is 0. The summed E-state index contributed by atoms with van der Waals surface area (Å²) in [5.74, 6) is -2.21. The summed E-state index contributed by atoms with van der Waals surface area (Å²) in [4.78, 5) is 25.7. The second kappa shape index (κ2) is 6.09. The molecule has 1 heterocycles. The minimum absolute atomic E-state index is 0.0744. The standard InChI is InChI=1S/C15H7BrF3NO5S/c16-8-1-3-9(4-2-8)20-13(21)11-6-5-10(7-12(11)14(20)22)25-26(23,24)15(17,18)19/h1-7H. The molecule has 2 amide bonds. The Bertz CT molecular complexity index is 1020. The van der Waals surface area contributed by atoms with Gasteiger partial charge in [0.15, 0.2) is 0 Å². The van der Waals surface area contributed by atoms with Crippen LogP contribution in [0.4, 0.5) is 18.9 Å². The second-order valence-electron chi connectivity index (χ2n) is 5.11. The summed E-state index contributed by atoms with van der Waals surface area (Å²) in [5.41, 5.74) is -5.69. The van der Waals surface area contributed by atoms with Gasteiger partial charge in [0.25, 0.3) is 11.8 Å². The van der Waals surface area contributed by atoms with E-state index >= 15 is 0 Å². The first kappa shape index (κ1) is 18.4. The van der Waals surface area contributed by atoms with Crippen LogP contribution in [0.25, 0.3) is 0 Å². The molecule has 0 unspecified atom stereocenters. The largest absolute Gasteiger partial charge is 0.534 e. The molecule has 1 aliphatic rings. The van der Waals surface area contributed by atoms with Crippen LogP contribution in [0.2, 0.25) is 0 Å². The number of halogens is 4. The lowest BCUT2D eigenvalue weighted by molar-refractivity contribution is -0.0500. The van der Waals surface area contributed by atoms with Gasteiger partial charge in [-0.3, -0.25) is 9.59 Å². The molecular formula is C15H7BrF3NO5S. The molecule has 0 aromatic heterocycles. The highest BCUT2D eigenvalue weighted by Crippen LogP contribution is 2.33. The number of rotatable bonds is 3. The van der Waals surface area contributed by atoms with Crippen LogP contribution in [-0.2, 0) is 10.1 Å². The molecule has 2 aromatic rings. The summed E-state index contributed by atoms with van der Waals surface area (Å²) >= 11 is 3.21. The maximum absolute atomic E-state index is 12.5. The van der Waals surface area contributed by atoms with Crippen molar-refractivity contribution in [1.29, 1.82) is 0 Å². The topological polar surface area (TPSA) is 80.8 Å². The van der Waals surface area contributed by atoms with Gasteiger partial charge in [0.1, 0.15) is 5.75 Å². The number of imide groups is 1. The highest BCUT2D eigenvalue weighted by atomic mass is 79.9. The predicted molar refractivity (Wildman–Crippen MR) is 87.3 cm³/mol. The Morgan fingerprint density at radius 1 is 0.923 bits per heavy atom. The minimum Gasteiger partial charge on any atom is -0.376 e. The molecular weight excluding hydrogens is 443 g/mol. The van der Waals surface area contributed by atoms with E-state index in [1.54, 1.807) is 12.1 Å². The first-order valence-electron chi connectivity index (χ1n) is 6.80. The Hall–Kier alpha value is -2.40. The number of carbonyl (C=O) groups excluding carboxylic acids is 2. The molecule has 1 aliphatic heterocycles. The average molecular weight is 450 g/mol. The van der Waals surface area contributed by atoms with Crippen LogP contribution >= 0.6 is 15.9 Å². The lowest BCUT2D eigenvalue weighted by Gasteiger charge is -2.13. The fraction of sp³-hybridized carbons (Fsp3) is 0.0667. The molecule has 0 aliphatic carbocycles. The van der Waals surface area contributed by atoms with Crippen LogP contribution < -0.4 is 9.08 Å². The highest BCUT2D eigenvalue weighted by molar-refractivity contribution is 9.10. The normalized spacial score (nSPS) is 14.5. The van der Waals surface area contributed by atoms with Crippen molar-refractivity contribution in [2.24, 2.45) is 0 Å². The predicted octanol–water partition coefficient (Wildman–Crippen LogP) is 3.48. The summed E-state index contributed by atoms with van der Waals surface area (Å²) < 4.78 is 64.1. The average Bonchev–Trinajstić information content (AvgIpc) is 2.78. The van der Waals surface area contributed by atoms with Crippen LogP contribution in [0.5, 0.6) is 5.75 Å². The van der Waals surface area contributed by atoms with Crippen LogP contribution in [-0.4, -0.2) is 25.7 Å². The Morgan fingerprint density at radius 3 is 2.08 bits per heavy atom. The van der Waals surface area contributed by atoms with Crippen molar-refractivity contribution in [3.05, 3.63) is 58.1 Å². The van der Waals surface area contributed by atoms with Crippen LogP contribution in [0.1, 0.15) is 20.7 Å². The van der Waals surface area contributed by atoms with E-state index in [2.05, 4.69) is 20.1 Å². The van der Waals surface area contributed by atoms with Crippen molar-refractivity contribution >= 4 is 43.5 Å². The van der Waals surface area contributed by atoms with Crippen LogP contribution in [0.3, 0.4) is 0 Å². The van der Waals surface area contributed by atoms with Gasteiger partial charge in [-0.05, 0) is 42.5 Å². The third-order valence-corrected chi connectivity index (χ3v) is 4.94. The molecule has 6 nitrogen and oxygen atoms in total. The quantitative estimate of drug-likeness (QED) is 0.407. The maximum Gasteiger partial charge on any atom is 0.534 e. The van der Waals surface area contributed by atoms with Gasteiger partial charge in [0.2, 0.25) is 0 Å². The summed E-state index contributed by atoms with van der Waals surface area (Å²) in [6.07, 6.45) is 0. The van der Waals surface area contributed by atoms with Gasteiger partial charge in [-0.1, -0.05) is 15.9 Å². The van der Waals surface area contributed by atoms with E-state index in [0.717, 1.165) is 23.1 Å². The van der Waals surface area contributed by atoms with Crippen molar-refractivity contribution in [3.63, 3.8) is 0 Å². The van der Waals surface area contributed by atoms with E-state index in [0.29, 0.717) is 4.47 Å². The number of hydrogen-bond donors (Lipinski definition) is 0. The van der Waals surface area contributed by atoms with Crippen molar-refractivity contribution in [2.75, 3.05) is 4.90 Å². The second-order valence-corrected chi connectivity index (χ2v) is 7.57. The first-order valence-corrected chi connectivity index (χ1v) is 9.00. The molecule has 11 heteroatoms. The van der Waals surface area contributed by atoms with Gasteiger partial charge >= 0.3 is 15.6 Å². The number of alkyl halides is 3. The number of nitrogens with zero attached hydrogens (tertiary/aromatic N) is 1. The molecule has 0 saturated carbocycles. The summed E-state index contributed by atoms with van der Waals surface area (Å²) in [7, 11) is -5.88. The van der Waals surface area contributed by atoms with E-state index in [-0.39, 0.29) is 16.8 Å². The van der Waals surface area contributed by atoms with Gasteiger partial charge in [-0.25, -0.2) is 4.90 Å². The molecule has 0 radical (unpaired) electrons. The Morgan fingerprint density at radius 2 is 1.50 bits per heavy atom. The summed E-state index contributed by atoms with van der Waals surface area (Å²) in [6, 6.07) is 8.90. The lowest BCUT2D eigenvalue weighted by Crippen LogP contribution is -2.29. The third-order valence-electron chi connectivity index (χ3n) is 3.43.